The Morgan fingerprint density at radius 1 is 0.833 bits per heavy atom. The summed E-state index contributed by atoms with van der Waals surface area (Å²) in [6, 6.07) is 0. The molecule has 3 saturated heterocycles. The SMILES string of the molecule is O=C([O-])CO[C@@H]1[C@@H](O)[C@@H](CO)O[C@H]2C([C@H]3O[C@H](CO)[C@@H](O)[C@H](O)[C@@H]3O)OCO[C@H]12.[Na+]. The normalized spacial score (nSPS) is 46.5. The van der Waals surface area contributed by atoms with Gasteiger partial charge in [-0.05, 0) is 0 Å². The Morgan fingerprint density at radius 3 is 2.00 bits per heavy atom. The van der Waals surface area contributed by atoms with Crippen LogP contribution in [0.1, 0.15) is 0 Å². The van der Waals surface area contributed by atoms with Gasteiger partial charge in [-0.25, -0.2) is 0 Å². The number of carbonyl (C=O) groups is 1. The first-order chi connectivity index (χ1) is 13.8. The summed E-state index contributed by atoms with van der Waals surface area (Å²) in [4.78, 5) is 10.8. The number of carboxylic acid groups (broad SMARTS) is 1. The molecular weight excluding hydrogens is 423 g/mol. The Kier molecular flexibility index (Phi) is 9.85. The van der Waals surface area contributed by atoms with Gasteiger partial charge in [-0.3, -0.25) is 0 Å². The van der Waals surface area contributed by atoms with Crippen LogP contribution in [0.4, 0.5) is 0 Å². The maximum Gasteiger partial charge on any atom is 1.00 e. The molecule has 0 aromatic carbocycles. The van der Waals surface area contributed by atoms with Gasteiger partial charge in [0.05, 0.1) is 25.8 Å². The monoisotopic (exact) mass is 448 g/mol. The van der Waals surface area contributed by atoms with Crippen LogP contribution in [0.15, 0.2) is 0 Å². The molecule has 3 rings (SSSR count). The van der Waals surface area contributed by atoms with E-state index < -0.39 is 92.9 Å². The van der Waals surface area contributed by atoms with E-state index in [2.05, 4.69) is 0 Å². The van der Waals surface area contributed by atoms with Crippen molar-refractivity contribution in [2.24, 2.45) is 0 Å². The number of aliphatic carboxylic acids is 1. The summed E-state index contributed by atoms with van der Waals surface area (Å²) in [5.74, 6) is -1.53. The predicted octanol–water partition coefficient (Wildman–Crippen LogP) is -9.17. The molecule has 13 nitrogen and oxygen atoms in total. The number of hydrogen-bond donors (Lipinski definition) is 6. The summed E-state index contributed by atoms with van der Waals surface area (Å²) in [7, 11) is 0. The number of carboxylic acids is 1. The van der Waals surface area contributed by atoms with E-state index in [0.29, 0.717) is 0 Å². The van der Waals surface area contributed by atoms with Crippen molar-refractivity contribution in [1.29, 1.82) is 0 Å². The summed E-state index contributed by atoms with van der Waals surface area (Å²) in [5, 5.41) is 70.4. The smallest absolute Gasteiger partial charge is 0.548 e. The van der Waals surface area contributed by atoms with Crippen LogP contribution in [0.2, 0.25) is 0 Å². The summed E-state index contributed by atoms with van der Waals surface area (Å²) >= 11 is 0. The van der Waals surface area contributed by atoms with Crippen LogP contribution in [0, 0.1) is 0 Å². The van der Waals surface area contributed by atoms with Crippen LogP contribution in [0.5, 0.6) is 0 Å². The van der Waals surface area contributed by atoms with E-state index in [1.807, 2.05) is 0 Å². The zero-order valence-corrected chi connectivity index (χ0v) is 18.2. The van der Waals surface area contributed by atoms with Gasteiger partial charge in [0.1, 0.15) is 73.9 Å². The van der Waals surface area contributed by atoms with Gasteiger partial charge >= 0.3 is 29.6 Å². The average Bonchev–Trinajstić information content (AvgIpc) is 2.70. The molecule has 0 bridgehead atoms. The molecule has 14 heteroatoms. The Bertz CT molecular complexity index is 565. The summed E-state index contributed by atoms with van der Waals surface area (Å²) in [6.07, 6.45) is -14.5. The van der Waals surface area contributed by atoms with Crippen LogP contribution < -0.4 is 34.7 Å². The fraction of sp³-hybridized carbons (Fsp3) is 0.938. The Hall–Kier alpha value is 0.0300. The standard InChI is InChI=1S/C16H26O13.Na/c17-1-5-8(21)10(23)11(24)13(28-5)15-16-14(26-4-27-15)12(25-3-7(19)20)9(22)6(2-18)29-16;/h5-6,8-18,21-24H,1-4H2,(H,19,20);/q;+1/p-1/t5-,6-,8-,9+,10+,11+,12-,13+,14-,15?,16-;/m1./s1. The fourth-order valence-corrected chi connectivity index (χ4v) is 3.89. The maximum absolute atomic E-state index is 10.8. The van der Waals surface area contributed by atoms with Crippen LogP contribution in [0.3, 0.4) is 0 Å². The van der Waals surface area contributed by atoms with Crippen LogP contribution in [0.25, 0.3) is 0 Å². The second kappa shape index (κ2) is 11.2. The second-order valence-electron chi connectivity index (χ2n) is 7.13. The fourth-order valence-electron chi connectivity index (χ4n) is 3.89. The van der Waals surface area contributed by atoms with Gasteiger partial charge < -0.3 is 64.2 Å². The van der Waals surface area contributed by atoms with Crippen LogP contribution in [-0.4, -0.2) is 130 Å². The first kappa shape index (κ1) is 26.3. The van der Waals surface area contributed by atoms with Gasteiger partial charge in [0.2, 0.25) is 0 Å². The Morgan fingerprint density at radius 2 is 1.40 bits per heavy atom. The van der Waals surface area contributed by atoms with E-state index >= 15 is 0 Å². The molecule has 0 aromatic rings. The minimum atomic E-state index is -1.65. The molecule has 3 fully saturated rings. The summed E-state index contributed by atoms with van der Waals surface area (Å²) in [6.45, 7) is -2.50. The molecule has 0 amide bonds. The molecule has 3 aliphatic rings. The summed E-state index contributed by atoms with van der Waals surface area (Å²) in [5.41, 5.74) is 0. The zero-order chi connectivity index (χ0) is 21.3. The molecule has 0 aliphatic carbocycles. The summed E-state index contributed by atoms with van der Waals surface area (Å²) < 4.78 is 27.2. The molecule has 3 heterocycles. The quantitative estimate of drug-likeness (QED) is 0.209. The second-order valence-corrected chi connectivity index (χ2v) is 7.13. The molecule has 1 unspecified atom stereocenters. The van der Waals surface area contributed by atoms with Crippen molar-refractivity contribution in [3.63, 3.8) is 0 Å². The van der Waals surface area contributed by atoms with Gasteiger partial charge in [-0.15, -0.1) is 0 Å². The van der Waals surface area contributed by atoms with Gasteiger partial charge in [0.15, 0.2) is 0 Å². The Balaban J connectivity index is 0.00000320. The molecule has 11 atom stereocenters. The van der Waals surface area contributed by atoms with E-state index in [4.69, 9.17) is 23.7 Å². The maximum atomic E-state index is 10.8. The molecular formula is C16H25NaO13. The molecule has 0 spiro atoms. The van der Waals surface area contributed by atoms with Crippen LogP contribution >= 0.6 is 0 Å². The number of carbonyl (C=O) groups excluding carboxylic acids is 1. The minimum absolute atomic E-state index is 0. The third kappa shape index (κ3) is 5.15. The Labute approximate surface area is 193 Å². The van der Waals surface area contributed by atoms with Gasteiger partial charge in [0, 0.05) is 0 Å². The molecule has 0 aromatic heterocycles. The molecule has 30 heavy (non-hydrogen) atoms. The molecule has 3 aliphatic heterocycles. The van der Waals surface area contributed by atoms with Crippen molar-refractivity contribution in [2.45, 2.75) is 67.1 Å². The van der Waals surface area contributed by atoms with Crippen molar-refractivity contribution in [2.75, 3.05) is 26.6 Å². The first-order valence-electron chi connectivity index (χ1n) is 9.09. The number of rotatable bonds is 6. The van der Waals surface area contributed by atoms with Crippen LogP contribution in [-0.2, 0) is 28.5 Å². The number of hydrogen-bond acceptors (Lipinski definition) is 13. The number of fused-ring (bicyclic) bond motifs is 1. The molecule has 6 N–H and O–H groups in total. The number of aliphatic hydroxyl groups excluding tert-OH is 6. The van der Waals surface area contributed by atoms with E-state index in [9.17, 15) is 40.5 Å². The van der Waals surface area contributed by atoms with E-state index in [1.165, 1.54) is 0 Å². The molecule has 168 valence electrons. The van der Waals surface area contributed by atoms with E-state index in [-0.39, 0.29) is 36.4 Å². The van der Waals surface area contributed by atoms with Gasteiger partial charge in [0.25, 0.3) is 0 Å². The predicted molar refractivity (Wildman–Crippen MR) is 84.9 cm³/mol. The van der Waals surface area contributed by atoms with Crippen molar-refractivity contribution in [3.8, 4) is 0 Å². The van der Waals surface area contributed by atoms with Gasteiger partial charge in [-0.2, -0.15) is 0 Å². The molecule has 0 saturated carbocycles. The number of ether oxygens (including phenoxy) is 5. The van der Waals surface area contributed by atoms with Gasteiger partial charge in [-0.1, -0.05) is 0 Å². The first-order valence-corrected chi connectivity index (χ1v) is 9.09. The van der Waals surface area contributed by atoms with Crippen molar-refractivity contribution in [3.05, 3.63) is 0 Å². The molecule has 0 radical (unpaired) electrons. The topological polar surface area (TPSA) is 208 Å². The third-order valence-electron chi connectivity index (χ3n) is 5.37. The number of aliphatic hydroxyl groups is 6. The largest absolute Gasteiger partial charge is 1.00 e. The third-order valence-corrected chi connectivity index (χ3v) is 5.37. The van der Waals surface area contributed by atoms with E-state index in [0.717, 1.165) is 0 Å². The average molecular weight is 448 g/mol. The van der Waals surface area contributed by atoms with Crippen molar-refractivity contribution >= 4 is 5.97 Å². The van der Waals surface area contributed by atoms with Crippen molar-refractivity contribution < 1.29 is 93.8 Å². The minimum Gasteiger partial charge on any atom is -0.548 e. The van der Waals surface area contributed by atoms with Crippen molar-refractivity contribution in [1.82, 2.24) is 0 Å². The zero-order valence-electron chi connectivity index (χ0n) is 16.2. The van der Waals surface area contributed by atoms with E-state index in [1.54, 1.807) is 0 Å².